The first-order valence-electron chi connectivity index (χ1n) is 8.79. The van der Waals surface area contributed by atoms with Gasteiger partial charge in [-0.2, -0.15) is 0 Å². The Bertz CT molecular complexity index is 781. The van der Waals surface area contributed by atoms with E-state index in [1.165, 1.54) is 11.3 Å². The molecule has 0 atom stereocenters. The van der Waals surface area contributed by atoms with Gasteiger partial charge in [-0.3, -0.25) is 4.79 Å². The van der Waals surface area contributed by atoms with Crippen LogP contribution in [0.2, 0.25) is 10.0 Å². The van der Waals surface area contributed by atoms with E-state index < -0.39 is 0 Å². The lowest BCUT2D eigenvalue weighted by Gasteiger charge is -2.35. The number of nitrogens with zero attached hydrogens (tertiary/aromatic N) is 2. The van der Waals surface area contributed by atoms with Crippen molar-refractivity contribution >= 4 is 47.2 Å². The molecule has 0 unspecified atom stereocenters. The molecular formula is C20H26Cl3N3O2. The summed E-state index contributed by atoms with van der Waals surface area (Å²) in [4.78, 5) is 17.1. The summed E-state index contributed by atoms with van der Waals surface area (Å²) in [5, 5.41) is 3.80. The van der Waals surface area contributed by atoms with Crippen molar-refractivity contribution in [1.29, 1.82) is 0 Å². The minimum Gasteiger partial charge on any atom is -0.412 e. The Balaban J connectivity index is 0.00000196. The van der Waals surface area contributed by atoms with E-state index in [0.29, 0.717) is 22.2 Å². The van der Waals surface area contributed by atoms with Gasteiger partial charge in [-0.15, -0.1) is 12.4 Å². The molecule has 2 aromatic carbocycles. The quantitative estimate of drug-likeness (QED) is 0.766. The summed E-state index contributed by atoms with van der Waals surface area (Å²) in [6.45, 7) is 4.78. The van der Waals surface area contributed by atoms with Crippen LogP contribution in [0.3, 0.4) is 0 Å². The van der Waals surface area contributed by atoms with Gasteiger partial charge in [0.1, 0.15) is 0 Å². The summed E-state index contributed by atoms with van der Waals surface area (Å²) in [7, 11) is 2.15. The Morgan fingerprint density at radius 3 is 2.39 bits per heavy atom. The molecule has 8 heteroatoms. The molecule has 1 fully saturated rings. The van der Waals surface area contributed by atoms with Crippen molar-refractivity contribution in [3.05, 3.63) is 63.6 Å². The number of nitrogens with one attached hydrogen (secondary N) is 1. The van der Waals surface area contributed by atoms with Crippen LogP contribution < -0.4 is 10.2 Å². The molecule has 0 saturated carbocycles. The highest BCUT2D eigenvalue weighted by Gasteiger charge is 2.16. The fraction of sp³-hybridized carbons (Fsp3) is 0.350. The van der Waals surface area contributed by atoms with Gasteiger partial charge >= 0.3 is 0 Å². The molecule has 2 aromatic rings. The summed E-state index contributed by atoms with van der Waals surface area (Å²) in [6, 6.07) is 13.3. The van der Waals surface area contributed by atoms with E-state index >= 15 is 0 Å². The lowest BCUT2D eigenvalue weighted by atomic mass is 10.1. The minimum atomic E-state index is -0.138. The Morgan fingerprint density at radius 2 is 1.71 bits per heavy atom. The zero-order chi connectivity index (χ0) is 18.5. The highest BCUT2D eigenvalue weighted by atomic mass is 35.5. The fourth-order valence-corrected chi connectivity index (χ4v) is 3.43. The van der Waals surface area contributed by atoms with Crippen LogP contribution >= 0.6 is 35.6 Å². The van der Waals surface area contributed by atoms with Crippen LogP contribution in [0.1, 0.15) is 15.9 Å². The number of rotatable bonds is 5. The highest BCUT2D eigenvalue weighted by Crippen LogP contribution is 2.23. The van der Waals surface area contributed by atoms with Crippen molar-refractivity contribution in [2.45, 2.75) is 6.42 Å². The molecule has 0 aromatic heterocycles. The molecular weight excluding hydrogens is 421 g/mol. The zero-order valence-electron chi connectivity index (χ0n) is 15.8. The maximum absolute atomic E-state index is 12.3. The van der Waals surface area contributed by atoms with Gasteiger partial charge in [0.15, 0.2) is 0 Å². The van der Waals surface area contributed by atoms with Crippen LogP contribution in [0, 0.1) is 0 Å². The number of para-hydroxylation sites is 1. The molecule has 1 saturated heterocycles. The Labute approximate surface area is 182 Å². The number of carbonyl (C=O) groups excluding carboxylic acids is 1. The average Bonchev–Trinajstić information content (AvgIpc) is 2.65. The predicted octanol–water partition coefficient (Wildman–Crippen LogP) is 3.31. The second-order valence-corrected chi connectivity index (χ2v) is 7.37. The minimum absolute atomic E-state index is 0. The van der Waals surface area contributed by atoms with Crippen LogP contribution in [0.4, 0.5) is 5.69 Å². The molecule has 1 heterocycles. The summed E-state index contributed by atoms with van der Waals surface area (Å²) in [6.07, 6.45) is 0.787. The molecule has 0 radical (unpaired) electrons. The third-order valence-electron chi connectivity index (χ3n) is 4.70. The van der Waals surface area contributed by atoms with E-state index in [9.17, 15) is 4.79 Å². The predicted molar refractivity (Wildman–Crippen MR) is 120 cm³/mol. The Morgan fingerprint density at radius 1 is 1.04 bits per heavy atom. The topological polar surface area (TPSA) is 67.1 Å². The first kappa shape index (κ1) is 24.5. The summed E-state index contributed by atoms with van der Waals surface area (Å²) in [5.41, 5.74) is 3.04. The van der Waals surface area contributed by atoms with Crippen molar-refractivity contribution in [3.63, 3.8) is 0 Å². The van der Waals surface area contributed by atoms with E-state index in [2.05, 4.69) is 46.4 Å². The number of likely N-dealkylation sites (N-methyl/N-ethyl adjacent to an activating group) is 1. The molecule has 154 valence electrons. The molecule has 0 bridgehead atoms. The number of amides is 1. The van der Waals surface area contributed by atoms with Crippen molar-refractivity contribution in [2.24, 2.45) is 0 Å². The maximum atomic E-state index is 12.3. The first-order valence-corrected chi connectivity index (χ1v) is 9.55. The molecule has 1 aliphatic rings. The van der Waals surface area contributed by atoms with Crippen molar-refractivity contribution < 1.29 is 10.3 Å². The van der Waals surface area contributed by atoms with Crippen molar-refractivity contribution in [2.75, 3.05) is 44.7 Å². The first-order chi connectivity index (χ1) is 12.5. The molecule has 0 aliphatic carbocycles. The van der Waals surface area contributed by atoms with E-state index in [-0.39, 0.29) is 23.8 Å². The van der Waals surface area contributed by atoms with Gasteiger partial charge in [0.25, 0.3) is 5.91 Å². The highest BCUT2D eigenvalue weighted by molar-refractivity contribution is 6.42. The standard InChI is InChI=1S/C20H23Cl2N3O.ClH.H2O/c1-24-10-12-25(13-11-24)19-5-3-2-4-15(19)8-9-23-20(26)16-6-7-17(21)18(22)14-16;;/h2-7,14H,8-13H2,1H3,(H,23,26);1H;1H2. The van der Waals surface area contributed by atoms with Gasteiger partial charge < -0.3 is 20.6 Å². The molecule has 0 spiro atoms. The summed E-state index contributed by atoms with van der Waals surface area (Å²) >= 11 is 11.9. The SMILES string of the molecule is CN1CCN(c2ccccc2CCNC(=O)c2ccc(Cl)c(Cl)c2)CC1.Cl.O. The molecule has 5 nitrogen and oxygen atoms in total. The molecule has 1 aliphatic heterocycles. The summed E-state index contributed by atoms with van der Waals surface area (Å²) in [5.74, 6) is -0.138. The van der Waals surface area contributed by atoms with Crippen molar-refractivity contribution in [3.8, 4) is 0 Å². The third-order valence-corrected chi connectivity index (χ3v) is 5.44. The largest absolute Gasteiger partial charge is 0.412 e. The number of carbonyl (C=O) groups is 1. The Hall–Kier alpha value is -1.50. The smallest absolute Gasteiger partial charge is 0.251 e. The lowest BCUT2D eigenvalue weighted by Crippen LogP contribution is -2.44. The second kappa shape index (κ2) is 11.5. The molecule has 1 amide bonds. The third kappa shape index (κ3) is 6.26. The molecule has 3 N–H and O–H groups in total. The van der Waals surface area contributed by atoms with Crippen LogP contribution in [0.15, 0.2) is 42.5 Å². The molecule has 28 heavy (non-hydrogen) atoms. The van der Waals surface area contributed by atoms with E-state index in [1.807, 2.05) is 0 Å². The van der Waals surface area contributed by atoms with E-state index in [1.54, 1.807) is 18.2 Å². The van der Waals surface area contributed by atoms with Gasteiger partial charge in [-0.1, -0.05) is 41.4 Å². The van der Waals surface area contributed by atoms with Crippen molar-refractivity contribution in [1.82, 2.24) is 10.2 Å². The number of halogens is 3. The van der Waals surface area contributed by atoms with Crippen LogP contribution in [0.25, 0.3) is 0 Å². The fourth-order valence-electron chi connectivity index (χ4n) is 3.13. The lowest BCUT2D eigenvalue weighted by molar-refractivity contribution is 0.0954. The van der Waals surface area contributed by atoms with Gasteiger partial charge in [0.2, 0.25) is 0 Å². The van der Waals surface area contributed by atoms with Gasteiger partial charge in [0.05, 0.1) is 10.0 Å². The number of benzene rings is 2. The number of hydrogen-bond acceptors (Lipinski definition) is 3. The number of anilines is 1. The number of piperazine rings is 1. The average molecular weight is 447 g/mol. The monoisotopic (exact) mass is 445 g/mol. The Kier molecular flexibility index (Phi) is 10.1. The van der Waals surface area contributed by atoms with Crippen LogP contribution in [0.5, 0.6) is 0 Å². The second-order valence-electron chi connectivity index (χ2n) is 6.55. The van der Waals surface area contributed by atoms with Crippen LogP contribution in [-0.2, 0) is 6.42 Å². The zero-order valence-corrected chi connectivity index (χ0v) is 18.1. The van der Waals surface area contributed by atoms with E-state index in [4.69, 9.17) is 23.2 Å². The van der Waals surface area contributed by atoms with Gasteiger partial charge in [-0.05, 0) is 43.3 Å². The van der Waals surface area contributed by atoms with Gasteiger partial charge in [0, 0.05) is 44.0 Å². The molecule has 3 rings (SSSR count). The van der Waals surface area contributed by atoms with E-state index in [0.717, 1.165) is 32.6 Å². The maximum Gasteiger partial charge on any atom is 0.251 e. The van der Waals surface area contributed by atoms with Gasteiger partial charge in [-0.25, -0.2) is 0 Å². The normalized spacial score (nSPS) is 14.0. The van der Waals surface area contributed by atoms with Crippen LogP contribution in [-0.4, -0.2) is 56.1 Å². The number of hydrogen-bond donors (Lipinski definition) is 1. The summed E-state index contributed by atoms with van der Waals surface area (Å²) < 4.78 is 0.